The Morgan fingerprint density at radius 1 is 0.964 bits per heavy atom. The second-order valence-corrected chi connectivity index (χ2v) is 8.20. The standard InChI is InChI=1S/C24H31N3O/c28-24(19-26-14-7-12-23(26)16-20-8-3-1-4-9-20)25-17-21-13-15-27(18-21)22-10-5-2-6-11-22/h1-6,8-11,21,23H,7,12-19H2,(H,25,28). The molecule has 28 heavy (non-hydrogen) atoms. The van der Waals surface area contributed by atoms with E-state index in [1.165, 1.54) is 24.1 Å². The van der Waals surface area contributed by atoms with Gasteiger partial charge in [0, 0.05) is 31.4 Å². The second-order valence-electron chi connectivity index (χ2n) is 8.20. The van der Waals surface area contributed by atoms with Crippen LogP contribution in [-0.4, -0.2) is 49.6 Å². The SMILES string of the molecule is O=C(CN1CCCC1Cc1ccccc1)NCC1CCN(c2ccccc2)C1. The molecule has 0 aromatic heterocycles. The summed E-state index contributed by atoms with van der Waals surface area (Å²) in [6.07, 6.45) is 4.58. The number of likely N-dealkylation sites (tertiary alicyclic amines) is 1. The van der Waals surface area contributed by atoms with Crippen molar-refractivity contribution in [2.75, 3.05) is 37.6 Å². The van der Waals surface area contributed by atoms with Crippen molar-refractivity contribution >= 4 is 11.6 Å². The topological polar surface area (TPSA) is 35.6 Å². The normalized spacial score (nSPS) is 22.5. The van der Waals surface area contributed by atoms with E-state index in [2.05, 4.69) is 75.8 Å². The molecule has 0 bridgehead atoms. The highest BCUT2D eigenvalue weighted by Crippen LogP contribution is 2.23. The van der Waals surface area contributed by atoms with Crippen molar-refractivity contribution in [3.8, 4) is 0 Å². The highest BCUT2D eigenvalue weighted by Gasteiger charge is 2.27. The molecule has 0 radical (unpaired) electrons. The highest BCUT2D eigenvalue weighted by molar-refractivity contribution is 5.78. The third kappa shape index (κ3) is 4.93. The maximum atomic E-state index is 12.5. The van der Waals surface area contributed by atoms with Gasteiger partial charge in [-0.05, 0) is 55.8 Å². The number of nitrogens with one attached hydrogen (secondary N) is 1. The average molecular weight is 378 g/mol. The molecule has 0 spiro atoms. The second kappa shape index (κ2) is 9.24. The van der Waals surface area contributed by atoms with Gasteiger partial charge in [0.25, 0.3) is 0 Å². The van der Waals surface area contributed by atoms with E-state index in [0.29, 0.717) is 18.5 Å². The Morgan fingerprint density at radius 2 is 1.71 bits per heavy atom. The van der Waals surface area contributed by atoms with Crippen molar-refractivity contribution in [1.82, 2.24) is 10.2 Å². The molecule has 4 heteroatoms. The molecule has 0 saturated carbocycles. The first-order valence-corrected chi connectivity index (χ1v) is 10.6. The molecule has 2 fully saturated rings. The van der Waals surface area contributed by atoms with Crippen LogP contribution in [0.2, 0.25) is 0 Å². The summed E-state index contributed by atoms with van der Waals surface area (Å²) in [6.45, 7) is 4.47. The van der Waals surface area contributed by atoms with Crippen molar-refractivity contribution in [3.05, 3.63) is 66.2 Å². The minimum absolute atomic E-state index is 0.179. The number of nitrogens with zero attached hydrogens (tertiary/aromatic N) is 2. The summed E-state index contributed by atoms with van der Waals surface area (Å²) >= 11 is 0. The van der Waals surface area contributed by atoms with E-state index in [4.69, 9.17) is 0 Å². The van der Waals surface area contributed by atoms with Crippen LogP contribution in [0.5, 0.6) is 0 Å². The summed E-state index contributed by atoms with van der Waals surface area (Å²) in [6, 6.07) is 21.7. The molecule has 1 amide bonds. The monoisotopic (exact) mass is 377 g/mol. The Bertz CT molecular complexity index is 749. The first-order chi connectivity index (χ1) is 13.8. The van der Waals surface area contributed by atoms with E-state index in [0.717, 1.165) is 39.0 Å². The largest absolute Gasteiger partial charge is 0.371 e. The molecule has 2 aliphatic rings. The fourth-order valence-electron chi connectivity index (χ4n) is 4.59. The zero-order valence-electron chi connectivity index (χ0n) is 16.6. The summed E-state index contributed by atoms with van der Waals surface area (Å²) in [4.78, 5) is 17.3. The van der Waals surface area contributed by atoms with Crippen LogP contribution < -0.4 is 10.2 Å². The van der Waals surface area contributed by atoms with Gasteiger partial charge in [-0.2, -0.15) is 0 Å². The molecule has 148 valence electrons. The van der Waals surface area contributed by atoms with Gasteiger partial charge in [-0.15, -0.1) is 0 Å². The first kappa shape index (κ1) is 19.0. The maximum Gasteiger partial charge on any atom is 0.234 e. The Hall–Kier alpha value is -2.33. The number of amides is 1. The lowest BCUT2D eigenvalue weighted by Crippen LogP contribution is -2.42. The third-order valence-corrected chi connectivity index (χ3v) is 6.16. The molecule has 2 aliphatic heterocycles. The number of hydrogen-bond acceptors (Lipinski definition) is 3. The van der Waals surface area contributed by atoms with Gasteiger partial charge in [0.15, 0.2) is 0 Å². The summed E-state index contributed by atoms with van der Waals surface area (Å²) in [7, 11) is 0. The predicted octanol–water partition coefficient (Wildman–Crippen LogP) is 3.34. The van der Waals surface area contributed by atoms with Gasteiger partial charge in [0.2, 0.25) is 5.91 Å². The van der Waals surface area contributed by atoms with Crippen LogP contribution in [0.25, 0.3) is 0 Å². The van der Waals surface area contributed by atoms with E-state index in [1.54, 1.807) is 0 Å². The van der Waals surface area contributed by atoms with Crippen molar-refractivity contribution in [2.45, 2.75) is 31.7 Å². The van der Waals surface area contributed by atoms with Gasteiger partial charge in [-0.1, -0.05) is 48.5 Å². The maximum absolute atomic E-state index is 12.5. The summed E-state index contributed by atoms with van der Waals surface area (Å²) in [5, 5.41) is 3.20. The lowest BCUT2D eigenvalue weighted by molar-refractivity contribution is -0.122. The number of anilines is 1. The number of para-hydroxylation sites is 1. The molecule has 2 saturated heterocycles. The Balaban J connectivity index is 1.21. The van der Waals surface area contributed by atoms with Gasteiger partial charge < -0.3 is 10.2 Å². The summed E-state index contributed by atoms with van der Waals surface area (Å²) in [5.41, 5.74) is 2.66. The zero-order valence-corrected chi connectivity index (χ0v) is 16.6. The van der Waals surface area contributed by atoms with E-state index in [1.807, 2.05) is 0 Å². The fraction of sp³-hybridized carbons (Fsp3) is 0.458. The van der Waals surface area contributed by atoms with Crippen molar-refractivity contribution in [1.29, 1.82) is 0 Å². The van der Waals surface area contributed by atoms with Crippen LogP contribution in [0.4, 0.5) is 5.69 Å². The minimum Gasteiger partial charge on any atom is -0.371 e. The van der Waals surface area contributed by atoms with Crippen LogP contribution in [0, 0.1) is 5.92 Å². The molecule has 2 heterocycles. The third-order valence-electron chi connectivity index (χ3n) is 6.16. The van der Waals surface area contributed by atoms with Crippen molar-refractivity contribution < 1.29 is 4.79 Å². The van der Waals surface area contributed by atoms with Gasteiger partial charge in [-0.3, -0.25) is 9.69 Å². The Labute approximate surface area is 168 Å². The van der Waals surface area contributed by atoms with E-state index in [-0.39, 0.29) is 5.91 Å². The molecule has 0 aliphatic carbocycles. The molecule has 4 nitrogen and oxygen atoms in total. The number of benzene rings is 2. The van der Waals surface area contributed by atoms with E-state index in [9.17, 15) is 4.79 Å². The molecule has 2 aromatic carbocycles. The van der Waals surface area contributed by atoms with Gasteiger partial charge in [0.1, 0.15) is 0 Å². The van der Waals surface area contributed by atoms with Crippen molar-refractivity contribution in [2.24, 2.45) is 5.92 Å². The van der Waals surface area contributed by atoms with E-state index >= 15 is 0 Å². The van der Waals surface area contributed by atoms with Crippen LogP contribution in [-0.2, 0) is 11.2 Å². The van der Waals surface area contributed by atoms with Crippen LogP contribution in [0.15, 0.2) is 60.7 Å². The van der Waals surface area contributed by atoms with Crippen molar-refractivity contribution in [3.63, 3.8) is 0 Å². The van der Waals surface area contributed by atoms with Gasteiger partial charge in [-0.25, -0.2) is 0 Å². The zero-order chi connectivity index (χ0) is 19.2. The minimum atomic E-state index is 0.179. The first-order valence-electron chi connectivity index (χ1n) is 10.6. The lowest BCUT2D eigenvalue weighted by atomic mass is 10.0. The molecule has 1 N–H and O–H groups in total. The van der Waals surface area contributed by atoms with Crippen LogP contribution in [0.3, 0.4) is 0 Å². The number of carbonyl (C=O) groups is 1. The number of rotatable bonds is 7. The Kier molecular flexibility index (Phi) is 6.27. The number of carbonyl (C=O) groups excluding carboxylic acids is 1. The summed E-state index contributed by atoms with van der Waals surface area (Å²) < 4.78 is 0. The summed E-state index contributed by atoms with van der Waals surface area (Å²) in [5.74, 6) is 0.723. The lowest BCUT2D eigenvalue weighted by Gasteiger charge is -2.24. The fourth-order valence-corrected chi connectivity index (χ4v) is 4.59. The van der Waals surface area contributed by atoms with Gasteiger partial charge >= 0.3 is 0 Å². The quantitative estimate of drug-likeness (QED) is 0.804. The van der Waals surface area contributed by atoms with E-state index < -0.39 is 0 Å². The smallest absolute Gasteiger partial charge is 0.234 e. The molecule has 4 rings (SSSR count). The molecule has 2 aromatic rings. The molecule has 2 unspecified atom stereocenters. The van der Waals surface area contributed by atoms with Crippen LogP contribution in [0.1, 0.15) is 24.8 Å². The Morgan fingerprint density at radius 3 is 2.50 bits per heavy atom. The number of hydrogen-bond donors (Lipinski definition) is 1. The van der Waals surface area contributed by atoms with Crippen LogP contribution >= 0.6 is 0 Å². The predicted molar refractivity (Wildman–Crippen MR) is 115 cm³/mol. The van der Waals surface area contributed by atoms with Gasteiger partial charge in [0.05, 0.1) is 6.54 Å². The molecule has 2 atom stereocenters. The molecular formula is C24H31N3O. The molecular weight excluding hydrogens is 346 g/mol. The highest BCUT2D eigenvalue weighted by atomic mass is 16.2. The average Bonchev–Trinajstić information content (AvgIpc) is 3.38.